The average molecular weight is 202 g/mol. The summed E-state index contributed by atoms with van der Waals surface area (Å²) in [6, 6.07) is 0. The highest BCUT2D eigenvalue weighted by molar-refractivity contribution is 5.70. The van der Waals surface area contributed by atoms with Crippen molar-refractivity contribution >= 4 is 5.97 Å². The van der Waals surface area contributed by atoms with Gasteiger partial charge in [0.1, 0.15) is 0 Å². The molecule has 0 aromatic carbocycles. The van der Waals surface area contributed by atoms with Crippen LogP contribution in [0.15, 0.2) is 0 Å². The summed E-state index contributed by atoms with van der Waals surface area (Å²) >= 11 is 0. The quantitative estimate of drug-likeness (QED) is 0.594. The Morgan fingerprint density at radius 3 is 2.29 bits per heavy atom. The molecule has 84 valence electrons. The second-order valence-corrected chi connectivity index (χ2v) is 3.90. The summed E-state index contributed by atoms with van der Waals surface area (Å²) in [6.07, 6.45) is 5.56. The molecule has 2 atom stereocenters. The zero-order valence-electron chi connectivity index (χ0n) is 9.20. The van der Waals surface area contributed by atoms with Gasteiger partial charge >= 0.3 is 5.97 Å². The molecule has 0 aromatic heterocycles. The Morgan fingerprint density at radius 1 is 1.21 bits per heavy atom. The standard InChI is InChI=1S/C11H22O3/c1-3-4-5-6-7-8-10(12)9(2)11(13)14/h9-10,12H,3-8H2,1-2H3,(H,13,14)/t9-,10-/m0/s1. The van der Waals surface area contributed by atoms with Gasteiger partial charge in [0.05, 0.1) is 12.0 Å². The third kappa shape index (κ3) is 5.97. The van der Waals surface area contributed by atoms with Crippen LogP contribution < -0.4 is 0 Å². The monoisotopic (exact) mass is 202 g/mol. The number of carboxylic acids is 1. The molecule has 0 aliphatic carbocycles. The number of aliphatic hydroxyl groups excluding tert-OH is 1. The van der Waals surface area contributed by atoms with Gasteiger partial charge in [-0.15, -0.1) is 0 Å². The fraction of sp³-hybridized carbons (Fsp3) is 0.909. The molecule has 0 spiro atoms. The molecule has 0 rings (SSSR count). The van der Waals surface area contributed by atoms with Gasteiger partial charge in [0.15, 0.2) is 0 Å². The van der Waals surface area contributed by atoms with Crippen molar-refractivity contribution in [2.75, 3.05) is 0 Å². The van der Waals surface area contributed by atoms with E-state index in [1.54, 1.807) is 6.92 Å². The summed E-state index contributed by atoms with van der Waals surface area (Å²) in [7, 11) is 0. The molecule has 0 saturated carbocycles. The highest BCUT2D eigenvalue weighted by Gasteiger charge is 2.20. The Hall–Kier alpha value is -0.570. The summed E-state index contributed by atoms with van der Waals surface area (Å²) in [5.41, 5.74) is 0. The van der Waals surface area contributed by atoms with E-state index in [2.05, 4.69) is 6.92 Å². The second kappa shape index (κ2) is 7.80. The van der Waals surface area contributed by atoms with Crippen LogP contribution in [0.3, 0.4) is 0 Å². The van der Waals surface area contributed by atoms with Gasteiger partial charge in [-0.2, -0.15) is 0 Å². The summed E-state index contributed by atoms with van der Waals surface area (Å²) in [5.74, 6) is -1.55. The average Bonchev–Trinajstić information content (AvgIpc) is 2.16. The van der Waals surface area contributed by atoms with Crippen molar-refractivity contribution in [3.8, 4) is 0 Å². The van der Waals surface area contributed by atoms with Crippen molar-refractivity contribution in [1.29, 1.82) is 0 Å². The maximum absolute atomic E-state index is 10.5. The minimum absolute atomic E-state index is 0.608. The summed E-state index contributed by atoms with van der Waals surface area (Å²) < 4.78 is 0. The maximum atomic E-state index is 10.5. The van der Waals surface area contributed by atoms with Crippen molar-refractivity contribution in [3.63, 3.8) is 0 Å². The molecular weight excluding hydrogens is 180 g/mol. The Balaban J connectivity index is 3.43. The number of carboxylic acid groups (broad SMARTS) is 1. The molecule has 14 heavy (non-hydrogen) atoms. The van der Waals surface area contributed by atoms with Gasteiger partial charge in [-0.05, 0) is 13.3 Å². The lowest BCUT2D eigenvalue weighted by atomic mass is 9.99. The highest BCUT2D eigenvalue weighted by atomic mass is 16.4. The fourth-order valence-corrected chi connectivity index (χ4v) is 1.37. The van der Waals surface area contributed by atoms with Gasteiger partial charge in [0.25, 0.3) is 0 Å². The minimum atomic E-state index is -0.911. The Labute approximate surface area is 86.1 Å². The smallest absolute Gasteiger partial charge is 0.308 e. The van der Waals surface area contributed by atoms with Gasteiger partial charge in [0.2, 0.25) is 0 Å². The Bertz CT molecular complexity index is 157. The highest BCUT2D eigenvalue weighted by Crippen LogP contribution is 2.12. The molecule has 2 N–H and O–H groups in total. The van der Waals surface area contributed by atoms with Gasteiger partial charge in [-0.3, -0.25) is 4.79 Å². The Morgan fingerprint density at radius 2 is 1.79 bits per heavy atom. The molecule has 3 heteroatoms. The predicted octanol–water partition coefficient (Wildman–Crippen LogP) is 2.43. The van der Waals surface area contributed by atoms with E-state index < -0.39 is 18.0 Å². The van der Waals surface area contributed by atoms with Gasteiger partial charge in [-0.1, -0.05) is 39.0 Å². The molecule has 0 aromatic rings. The van der Waals surface area contributed by atoms with Crippen molar-refractivity contribution in [1.82, 2.24) is 0 Å². The first kappa shape index (κ1) is 13.4. The maximum Gasteiger partial charge on any atom is 0.308 e. The van der Waals surface area contributed by atoms with Crippen molar-refractivity contribution in [3.05, 3.63) is 0 Å². The van der Waals surface area contributed by atoms with Gasteiger partial charge in [-0.25, -0.2) is 0 Å². The topological polar surface area (TPSA) is 57.5 Å². The molecule has 0 heterocycles. The van der Waals surface area contributed by atoms with E-state index in [1.165, 1.54) is 19.3 Å². The van der Waals surface area contributed by atoms with Crippen molar-refractivity contribution in [2.45, 2.75) is 58.5 Å². The van der Waals surface area contributed by atoms with Gasteiger partial charge < -0.3 is 10.2 Å². The van der Waals surface area contributed by atoms with Crippen molar-refractivity contribution in [2.24, 2.45) is 5.92 Å². The van der Waals surface area contributed by atoms with E-state index in [1.807, 2.05) is 0 Å². The summed E-state index contributed by atoms with van der Waals surface area (Å²) in [5, 5.41) is 18.1. The first-order chi connectivity index (χ1) is 6.59. The van der Waals surface area contributed by atoms with Crippen LogP contribution >= 0.6 is 0 Å². The number of hydrogen-bond acceptors (Lipinski definition) is 2. The lowest BCUT2D eigenvalue weighted by Gasteiger charge is -2.14. The molecule has 0 bridgehead atoms. The van der Waals surface area contributed by atoms with E-state index in [0.717, 1.165) is 12.8 Å². The lowest BCUT2D eigenvalue weighted by molar-refractivity contribution is -0.144. The zero-order chi connectivity index (χ0) is 11.0. The molecule has 0 unspecified atom stereocenters. The number of carbonyl (C=O) groups is 1. The second-order valence-electron chi connectivity index (χ2n) is 3.90. The summed E-state index contributed by atoms with van der Waals surface area (Å²) in [4.78, 5) is 10.5. The molecule has 0 amide bonds. The van der Waals surface area contributed by atoms with Crippen LogP contribution in [0, 0.1) is 5.92 Å². The van der Waals surface area contributed by atoms with Crippen LogP contribution in [-0.4, -0.2) is 22.3 Å². The van der Waals surface area contributed by atoms with Crippen LogP contribution in [0.5, 0.6) is 0 Å². The predicted molar refractivity (Wildman–Crippen MR) is 56.2 cm³/mol. The lowest BCUT2D eigenvalue weighted by Crippen LogP contribution is -2.25. The first-order valence-electron chi connectivity index (χ1n) is 5.50. The first-order valence-corrected chi connectivity index (χ1v) is 5.50. The van der Waals surface area contributed by atoms with E-state index >= 15 is 0 Å². The largest absolute Gasteiger partial charge is 0.481 e. The van der Waals surface area contributed by atoms with Crippen LogP contribution in [0.4, 0.5) is 0 Å². The van der Waals surface area contributed by atoms with Crippen LogP contribution in [0.1, 0.15) is 52.4 Å². The van der Waals surface area contributed by atoms with Gasteiger partial charge in [0, 0.05) is 0 Å². The Kier molecular flexibility index (Phi) is 7.48. The van der Waals surface area contributed by atoms with E-state index in [-0.39, 0.29) is 0 Å². The van der Waals surface area contributed by atoms with E-state index in [4.69, 9.17) is 5.11 Å². The number of aliphatic carboxylic acids is 1. The SMILES string of the molecule is CCCCCCC[C@H](O)[C@H](C)C(=O)O. The third-order valence-corrected chi connectivity index (χ3v) is 2.57. The molecule has 0 fully saturated rings. The zero-order valence-corrected chi connectivity index (χ0v) is 9.20. The van der Waals surface area contributed by atoms with E-state index in [9.17, 15) is 9.90 Å². The molecule has 0 radical (unpaired) electrons. The van der Waals surface area contributed by atoms with Crippen LogP contribution in [-0.2, 0) is 4.79 Å². The van der Waals surface area contributed by atoms with Crippen LogP contribution in [0.2, 0.25) is 0 Å². The molecule has 0 saturated heterocycles. The van der Waals surface area contributed by atoms with Crippen LogP contribution in [0.25, 0.3) is 0 Å². The fourth-order valence-electron chi connectivity index (χ4n) is 1.37. The molecule has 0 aliphatic rings. The van der Waals surface area contributed by atoms with Crippen molar-refractivity contribution < 1.29 is 15.0 Å². The number of rotatable bonds is 8. The summed E-state index contributed by atoms with van der Waals surface area (Å²) in [6.45, 7) is 3.71. The minimum Gasteiger partial charge on any atom is -0.481 e. The number of aliphatic hydroxyl groups is 1. The number of hydrogen-bond donors (Lipinski definition) is 2. The molecule has 0 aliphatic heterocycles. The molecule has 3 nitrogen and oxygen atoms in total. The van der Waals surface area contributed by atoms with E-state index in [0.29, 0.717) is 6.42 Å². The number of unbranched alkanes of at least 4 members (excludes halogenated alkanes) is 4. The molecular formula is C11H22O3. The third-order valence-electron chi connectivity index (χ3n) is 2.57. The normalized spacial score (nSPS) is 15.1.